The minimum absolute atomic E-state index is 0.470. The number of benzene rings is 1. The molecule has 1 aliphatic rings. The van der Waals surface area contributed by atoms with Crippen molar-refractivity contribution in [1.29, 1.82) is 0 Å². The standard InChI is InChI=1S/C18H21N5O2/c1-13-5-3-6-14(2)15(13)21-16(24)17(25)22-9-11-23(12-10-22)18-19-7-4-8-20-18/h3-8H,9-12H2,1-2H3,(H,21,24). The van der Waals surface area contributed by atoms with E-state index in [2.05, 4.69) is 15.3 Å². The molecule has 0 saturated carbocycles. The van der Waals surface area contributed by atoms with Crippen LogP contribution in [0.1, 0.15) is 11.1 Å². The Morgan fingerprint density at radius 3 is 2.16 bits per heavy atom. The van der Waals surface area contributed by atoms with Gasteiger partial charge in [-0.25, -0.2) is 9.97 Å². The van der Waals surface area contributed by atoms with Gasteiger partial charge in [0.15, 0.2) is 0 Å². The van der Waals surface area contributed by atoms with Crippen molar-refractivity contribution >= 4 is 23.5 Å². The Labute approximate surface area is 146 Å². The quantitative estimate of drug-likeness (QED) is 0.837. The van der Waals surface area contributed by atoms with E-state index in [1.807, 2.05) is 36.9 Å². The van der Waals surface area contributed by atoms with Crippen LogP contribution in [0.25, 0.3) is 0 Å². The fourth-order valence-electron chi connectivity index (χ4n) is 2.89. The molecule has 1 aromatic heterocycles. The van der Waals surface area contributed by atoms with Crippen LogP contribution in [-0.2, 0) is 9.59 Å². The second-order valence-electron chi connectivity index (χ2n) is 6.05. The third-order valence-corrected chi connectivity index (χ3v) is 4.32. The predicted molar refractivity (Wildman–Crippen MR) is 95.4 cm³/mol. The molecule has 0 atom stereocenters. The summed E-state index contributed by atoms with van der Waals surface area (Å²) in [5.74, 6) is -0.451. The average molecular weight is 339 g/mol. The summed E-state index contributed by atoms with van der Waals surface area (Å²) < 4.78 is 0. The zero-order valence-electron chi connectivity index (χ0n) is 14.4. The largest absolute Gasteiger partial charge is 0.337 e. The van der Waals surface area contributed by atoms with E-state index in [-0.39, 0.29) is 0 Å². The van der Waals surface area contributed by atoms with E-state index < -0.39 is 11.8 Å². The van der Waals surface area contributed by atoms with Crippen molar-refractivity contribution in [3.63, 3.8) is 0 Å². The maximum atomic E-state index is 12.4. The molecule has 1 fully saturated rings. The molecular weight excluding hydrogens is 318 g/mol. The van der Waals surface area contributed by atoms with Gasteiger partial charge >= 0.3 is 11.8 Å². The van der Waals surface area contributed by atoms with Crippen molar-refractivity contribution < 1.29 is 9.59 Å². The van der Waals surface area contributed by atoms with Crippen molar-refractivity contribution in [2.75, 3.05) is 36.4 Å². The molecule has 3 rings (SSSR count). The number of piperazine rings is 1. The van der Waals surface area contributed by atoms with Crippen LogP contribution in [0.5, 0.6) is 0 Å². The highest BCUT2D eigenvalue weighted by atomic mass is 16.2. The van der Waals surface area contributed by atoms with Gasteiger partial charge in [-0.05, 0) is 31.0 Å². The molecule has 1 saturated heterocycles. The molecule has 2 heterocycles. The summed E-state index contributed by atoms with van der Waals surface area (Å²) in [5.41, 5.74) is 2.58. The predicted octanol–water partition coefficient (Wildman–Crippen LogP) is 1.38. The Morgan fingerprint density at radius 2 is 1.56 bits per heavy atom. The van der Waals surface area contributed by atoms with Gasteiger partial charge in [-0.1, -0.05) is 18.2 Å². The lowest BCUT2D eigenvalue weighted by Gasteiger charge is -2.34. The summed E-state index contributed by atoms with van der Waals surface area (Å²) >= 11 is 0. The molecule has 2 aromatic rings. The van der Waals surface area contributed by atoms with E-state index in [0.29, 0.717) is 37.8 Å². The number of nitrogens with one attached hydrogen (secondary N) is 1. The second kappa shape index (κ2) is 7.29. The van der Waals surface area contributed by atoms with Crippen molar-refractivity contribution in [1.82, 2.24) is 14.9 Å². The first kappa shape index (κ1) is 16.9. The van der Waals surface area contributed by atoms with Crippen molar-refractivity contribution in [3.8, 4) is 0 Å². The van der Waals surface area contributed by atoms with E-state index in [1.54, 1.807) is 23.4 Å². The highest BCUT2D eigenvalue weighted by Gasteiger charge is 2.27. The fourth-order valence-corrected chi connectivity index (χ4v) is 2.89. The summed E-state index contributed by atoms with van der Waals surface area (Å²) in [6.45, 7) is 5.96. The molecule has 0 unspecified atom stereocenters. The van der Waals surface area contributed by atoms with Gasteiger partial charge in [-0.15, -0.1) is 0 Å². The van der Waals surface area contributed by atoms with Gasteiger partial charge in [0.2, 0.25) is 5.95 Å². The maximum absolute atomic E-state index is 12.4. The van der Waals surface area contributed by atoms with E-state index in [0.717, 1.165) is 11.1 Å². The second-order valence-corrected chi connectivity index (χ2v) is 6.05. The Balaban J connectivity index is 1.60. The molecule has 130 valence electrons. The van der Waals surface area contributed by atoms with E-state index in [9.17, 15) is 9.59 Å². The van der Waals surface area contributed by atoms with Crippen LogP contribution in [0.15, 0.2) is 36.7 Å². The fraction of sp³-hybridized carbons (Fsp3) is 0.333. The van der Waals surface area contributed by atoms with Gasteiger partial charge in [0.25, 0.3) is 0 Å². The number of para-hydroxylation sites is 1. The molecule has 7 heteroatoms. The SMILES string of the molecule is Cc1cccc(C)c1NC(=O)C(=O)N1CCN(c2ncccn2)CC1. The van der Waals surface area contributed by atoms with Crippen LogP contribution in [0.2, 0.25) is 0 Å². The van der Waals surface area contributed by atoms with Crippen LogP contribution < -0.4 is 10.2 Å². The average Bonchev–Trinajstić information content (AvgIpc) is 2.65. The summed E-state index contributed by atoms with van der Waals surface area (Å²) in [4.78, 5) is 36.8. The van der Waals surface area contributed by atoms with E-state index >= 15 is 0 Å². The molecule has 25 heavy (non-hydrogen) atoms. The van der Waals surface area contributed by atoms with Crippen LogP contribution in [-0.4, -0.2) is 52.9 Å². The lowest BCUT2D eigenvalue weighted by atomic mass is 10.1. The van der Waals surface area contributed by atoms with Gasteiger partial charge in [-0.2, -0.15) is 0 Å². The van der Waals surface area contributed by atoms with Crippen molar-refractivity contribution in [2.45, 2.75) is 13.8 Å². The lowest BCUT2D eigenvalue weighted by Crippen LogP contribution is -2.52. The Bertz CT molecular complexity index is 750. The number of amides is 2. The van der Waals surface area contributed by atoms with Crippen LogP contribution in [0.4, 0.5) is 11.6 Å². The number of nitrogens with zero attached hydrogens (tertiary/aromatic N) is 4. The Hall–Kier alpha value is -2.96. The summed E-state index contributed by atoms with van der Waals surface area (Å²) in [6, 6.07) is 7.51. The van der Waals surface area contributed by atoms with E-state index in [4.69, 9.17) is 0 Å². The van der Waals surface area contributed by atoms with E-state index in [1.165, 1.54) is 0 Å². The number of hydrogen-bond donors (Lipinski definition) is 1. The lowest BCUT2D eigenvalue weighted by molar-refractivity contribution is -0.143. The first-order valence-corrected chi connectivity index (χ1v) is 8.24. The molecule has 0 radical (unpaired) electrons. The van der Waals surface area contributed by atoms with Crippen LogP contribution in [0.3, 0.4) is 0 Å². The summed E-state index contributed by atoms with van der Waals surface area (Å²) in [6.07, 6.45) is 3.38. The maximum Gasteiger partial charge on any atom is 0.313 e. The molecule has 1 aromatic carbocycles. The monoisotopic (exact) mass is 339 g/mol. The highest BCUT2D eigenvalue weighted by Crippen LogP contribution is 2.19. The number of rotatable bonds is 2. The normalized spacial score (nSPS) is 14.3. The van der Waals surface area contributed by atoms with Gasteiger partial charge in [-0.3, -0.25) is 9.59 Å². The van der Waals surface area contributed by atoms with Crippen LogP contribution >= 0.6 is 0 Å². The number of aryl methyl sites for hydroxylation is 2. The zero-order valence-corrected chi connectivity index (χ0v) is 14.4. The number of carbonyl (C=O) groups is 2. The van der Waals surface area contributed by atoms with Gasteiger partial charge in [0.1, 0.15) is 0 Å². The number of carbonyl (C=O) groups excluding carboxylic acids is 2. The third kappa shape index (κ3) is 3.76. The van der Waals surface area contributed by atoms with Gasteiger partial charge in [0, 0.05) is 44.3 Å². The molecule has 2 amide bonds. The number of hydrogen-bond acceptors (Lipinski definition) is 5. The Kier molecular flexibility index (Phi) is 4.92. The number of aromatic nitrogens is 2. The summed E-state index contributed by atoms with van der Waals surface area (Å²) in [7, 11) is 0. The third-order valence-electron chi connectivity index (χ3n) is 4.32. The molecule has 0 spiro atoms. The molecule has 1 aliphatic heterocycles. The minimum atomic E-state index is -0.596. The van der Waals surface area contributed by atoms with Crippen molar-refractivity contribution in [2.24, 2.45) is 0 Å². The summed E-state index contributed by atoms with van der Waals surface area (Å²) in [5, 5.41) is 2.75. The molecule has 0 bridgehead atoms. The molecule has 0 aliphatic carbocycles. The molecule has 1 N–H and O–H groups in total. The molecular formula is C18H21N5O2. The number of anilines is 2. The van der Waals surface area contributed by atoms with Crippen molar-refractivity contribution in [3.05, 3.63) is 47.8 Å². The first-order chi connectivity index (χ1) is 12.1. The highest BCUT2D eigenvalue weighted by molar-refractivity contribution is 6.39. The topological polar surface area (TPSA) is 78.4 Å². The first-order valence-electron chi connectivity index (χ1n) is 8.24. The smallest absolute Gasteiger partial charge is 0.313 e. The van der Waals surface area contributed by atoms with Gasteiger partial charge in [0.05, 0.1) is 0 Å². The van der Waals surface area contributed by atoms with Gasteiger partial charge < -0.3 is 15.1 Å². The zero-order chi connectivity index (χ0) is 17.8. The Morgan fingerprint density at radius 1 is 0.960 bits per heavy atom. The van der Waals surface area contributed by atoms with Crippen LogP contribution in [0, 0.1) is 13.8 Å². The minimum Gasteiger partial charge on any atom is -0.337 e. The molecule has 7 nitrogen and oxygen atoms in total.